The van der Waals surface area contributed by atoms with E-state index in [2.05, 4.69) is 17.1 Å². The number of nitrogens with one attached hydrogen (secondary N) is 1. The van der Waals surface area contributed by atoms with Crippen LogP contribution in [0.3, 0.4) is 0 Å². The maximum Gasteiger partial charge on any atom is 0.416 e. The Morgan fingerprint density at radius 2 is 2.05 bits per heavy atom. The summed E-state index contributed by atoms with van der Waals surface area (Å²) in [5.74, 6) is 0.817. The quantitative estimate of drug-likeness (QED) is 0.775. The second kappa shape index (κ2) is 7.51. The minimum Gasteiger partial charge on any atom is -0.314 e. The van der Waals surface area contributed by atoms with Gasteiger partial charge in [-0.2, -0.15) is 13.2 Å². The first-order valence-electron chi connectivity index (χ1n) is 7.25. The lowest BCUT2D eigenvalue weighted by Gasteiger charge is -2.38. The fourth-order valence-electron chi connectivity index (χ4n) is 2.34. The Bertz CT molecular complexity index is 447. The van der Waals surface area contributed by atoms with Gasteiger partial charge in [-0.15, -0.1) is 11.8 Å². The topological polar surface area (TPSA) is 15.3 Å². The molecule has 6 heteroatoms. The van der Waals surface area contributed by atoms with Crippen LogP contribution in [0.15, 0.2) is 29.2 Å². The third kappa shape index (κ3) is 4.90. The highest BCUT2D eigenvalue weighted by Gasteiger charge is 2.30. The molecule has 1 saturated heterocycles. The van der Waals surface area contributed by atoms with Gasteiger partial charge in [-0.3, -0.25) is 4.90 Å². The first-order chi connectivity index (χ1) is 10.0. The summed E-state index contributed by atoms with van der Waals surface area (Å²) in [5.41, 5.74) is -0.568. The molecule has 21 heavy (non-hydrogen) atoms. The molecule has 1 aliphatic rings. The largest absolute Gasteiger partial charge is 0.416 e. The van der Waals surface area contributed by atoms with Crippen LogP contribution < -0.4 is 5.32 Å². The average Bonchev–Trinajstić information content (AvgIpc) is 2.36. The van der Waals surface area contributed by atoms with E-state index in [9.17, 15) is 13.2 Å². The van der Waals surface area contributed by atoms with Gasteiger partial charge in [0.15, 0.2) is 0 Å². The van der Waals surface area contributed by atoms with Crippen molar-refractivity contribution in [2.45, 2.75) is 30.5 Å². The molecule has 0 saturated carbocycles. The lowest BCUT2D eigenvalue weighted by atomic mass is 10.1. The fourth-order valence-corrected chi connectivity index (χ4v) is 3.29. The molecule has 0 aromatic heterocycles. The van der Waals surface area contributed by atoms with Gasteiger partial charge in [-0.05, 0) is 31.2 Å². The summed E-state index contributed by atoms with van der Waals surface area (Å²) in [7, 11) is 0. The molecule has 0 aliphatic carbocycles. The van der Waals surface area contributed by atoms with Crippen LogP contribution in [-0.4, -0.2) is 42.9 Å². The SMILES string of the molecule is CCCN(CCSc1cccc(C(F)(F)F)c1)C1CNC1. The minimum absolute atomic E-state index is 0.568. The molecule has 1 fully saturated rings. The molecule has 0 bridgehead atoms. The Balaban J connectivity index is 1.84. The summed E-state index contributed by atoms with van der Waals surface area (Å²) in [6.07, 6.45) is -3.16. The molecule has 1 aliphatic heterocycles. The summed E-state index contributed by atoms with van der Waals surface area (Å²) in [6, 6.07) is 6.17. The van der Waals surface area contributed by atoms with Crippen molar-refractivity contribution in [3.8, 4) is 0 Å². The van der Waals surface area contributed by atoms with Gasteiger partial charge < -0.3 is 5.32 Å². The normalized spacial score (nSPS) is 16.2. The highest BCUT2D eigenvalue weighted by atomic mass is 32.2. The van der Waals surface area contributed by atoms with Crippen LogP contribution in [0.4, 0.5) is 13.2 Å². The molecule has 1 heterocycles. The van der Waals surface area contributed by atoms with Gasteiger partial charge in [0.25, 0.3) is 0 Å². The first kappa shape index (κ1) is 16.6. The van der Waals surface area contributed by atoms with Crippen LogP contribution in [-0.2, 0) is 6.18 Å². The van der Waals surface area contributed by atoms with Crippen molar-refractivity contribution in [1.82, 2.24) is 10.2 Å². The lowest BCUT2D eigenvalue weighted by molar-refractivity contribution is -0.137. The molecule has 0 atom stereocenters. The van der Waals surface area contributed by atoms with Crippen molar-refractivity contribution in [1.29, 1.82) is 0 Å². The summed E-state index contributed by atoms with van der Waals surface area (Å²) in [6.45, 7) is 6.16. The Kier molecular flexibility index (Phi) is 5.96. The van der Waals surface area contributed by atoms with Crippen molar-refractivity contribution in [3.63, 3.8) is 0 Å². The number of nitrogens with zero attached hydrogens (tertiary/aromatic N) is 1. The van der Waals surface area contributed by atoms with Crippen molar-refractivity contribution < 1.29 is 13.2 Å². The number of benzene rings is 1. The molecule has 0 spiro atoms. The third-order valence-corrected chi connectivity index (χ3v) is 4.57. The van der Waals surface area contributed by atoms with Gasteiger partial charge >= 0.3 is 6.18 Å². The van der Waals surface area contributed by atoms with E-state index in [1.54, 1.807) is 6.07 Å². The van der Waals surface area contributed by atoms with Gasteiger partial charge in [-0.1, -0.05) is 13.0 Å². The molecule has 118 valence electrons. The number of halogens is 3. The van der Waals surface area contributed by atoms with Gasteiger partial charge in [0.2, 0.25) is 0 Å². The average molecular weight is 318 g/mol. The van der Waals surface area contributed by atoms with E-state index < -0.39 is 11.7 Å². The predicted octanol–water partition coefficient (Wildman–Crippen LogP) is 3.48. The molecule has 0 radical (unpaired) electrons. The van der Waals surface area contributed by atoms with Crippen molar-refractivity contribution in [2.24, 2.45) is 0 Å². The standard InChI is InChI=1S/C15H21F3N2S/c1-2-6-20(13-10-19-11-13)7-8-21-14-5-3-4-12(9-14)15(16,17)18/h3-5,9,13,19H,2,6-8,10-11H2,1H3. The molecule has 1 N–H and O–H groups in total. The van der Waals surface area contributed by atoms with Crippen LogP contribution in [0, 0.1) is 0 Å². The Labute approximate surface area is 128 Å². The molecular formula is C15H21F3N2S. The van der Waals surface area contributed by atoms with Gasteiger partial charge in [-0.25, -0.2) is 0 Å². The van der Waals surface area contributed by atoms with Crippen LogP contribution in [0.25, 0.3) is 0 Å². The van der Waals surface area contributed by atoms with E-state index in [0.717, 1.165) is 44.4 Å². The van der Waals surface area contributed by atoms with Gasteiger partial charge in [0.05, 0.1) is 5.56 Å². The lowest BCUT2D eigenvalue weighted by Crippen LogP contribution is -2.57. The number of thioether (sulfide) groups is 1. The minimum atomic E-state index is -4.26. The second-order valence-electron chi connectivity index (χ2n) is 5.22. The first-order valence-corrected chi connectivity index (χ1v) is 8.24. The molecule has 2 nitrogen and oxygen atoms in total. The maximum absolute atomic E-state index is 12.7. The fraction of sp³-hybridized carbons (Fsp3) is 0.600. The Hall–Kier alpha value is -0.720. The van der Waals surface area contributed by atoms with E-state index in [0.29, 0.717) is 10.9 Å². The zero-order chi connectivity index (χ0) is 15.3. The Morgan fingerprint density at radius 3 is 2.62 bits per heavy atom. The zero-order valence-corrected chi connectivity index (χ0v) is 12.9. The number of hydrogen-bond acceptors (Lipinski definition) is 3. The number of alkyl halides is 3. The van der Waals surface area contributed by atoms with Crippen LogP contribution in [0.2, 0.25) is 0 Å². The number of rotatable bonds is 7. The highest BCUT2D eigenvalue weighted by Crippen LogP contribution is 2.31. The predicted molar refractivity (Wildman–Crippen MR) is 80.7 cm³/mol. The Morgan fingerprint density at radius 1 is 1.29 bits per heavy atom. The van der Waals surface area contributed by atoms with Crippen molar-refractivity contribution in [3.05, 3.63) is 29.8 Å². The molecule has 2 rings (SSSR count). The van der Waals surface area contributed by atoms with Gasteiger partial charge in [0.1, 0.15) is 0 Å². The third-order valence-electron chi connectivity index (χ3n) is 3.60. The van der Waals surface area contributed by atoms with Crippen LogP contribution in [0.5, 0.6) is 0 Å². The van der Waals surface area contributed by atoms with Crippen LogP contribution in [0.1, 0.15) is 18.9 Å². The summed E-state index contributed by atoms with van der Waals surface area (Å²) < 4.78 is 38.0. The summed E-state index contributed by atoms with van der Waals surface area (Å²) in [4.78, 5) is 3.12. The van der Waals surface area contributed by atoms with E-state index in [1.165, 1.54) is 23.9 Å². The maximum atomic E-state index is 12.7. The molecule has 1 aromatic rings. The van der Waals surface area contributed by atoms with E-state index in [4.69, 9.17) is 0 Å². The van der Waals surface area contributed by atoms with Crippen LogP contribution >= 0.6 is 11.8 Å². The smallest absolute Gasteiger partial charge is 0.314 e. The zero-order valence-electron chi connectivity index (χ0n) is 12.1. The van der Waals surface area contributed by atoms with Crippen molar-refractivity contribution in [2.75, 3.05) is 31.9 Å². The highest BCUT2D eigenvalue weighted by molar-refractivity contribution is 7.99. The summed E-state index contributed by atoms with van der Waals surface area (Å²) >= 11 is 1.49. The van der Waals surface area contributed by atoms with Crippen molar-refractivity contribution >= 4 is 11.8 Å². The molecule has 0 amide bonds. The molecule has 0 unspecified atom stereocenters. The van der Waals surface area contributed by atoms with E-state index in [-0.39, 0.29) is 0 Å². The van der Waals surface area contributed by atoms with E-state index >= 15 is 0 Å². The summed E-state index contributed by atoms with van der Waals surface area (Å²) in [5, 5.41) is 3.26. The molecular weight excluding hydrogens is 297 g/mol. The molecule has 1 aromatic carbocycles. The monoisotopic (exact) mass is 318 g/mol. The van der Waals surface area contributed by atoms with E-state index in [1.807, 2.05) is 0 Å². The van der Waals surface area contributed by atoms with Gasteiger partial charge in [0, 0.05) is 36.3 Å². The number of hydrogen-bond donors (Lipinski definition) is 1. The second-order valence-corrected chi connectivity index (χ2v) is 6.39.